The largest absolute Gasteiger partial charge is 0.435 e. The summed E-state index contributed by atoms with van der Waals surface area (Å²) in [7, 11) is -2.84. The number of aryl methyl sites for hydroxylation is 1. The quantitative estimate of drug-likeness (QED) is 0.213. The first kappa shape index (κ1) is 30.8. The average Bonchev–Trinajstić information content (AvgIpc) is 2.71. The number of carbonyl (C=O) groups is 2. The van der Waals surface area contributed by atoms with Gasteiger partial charge in [-0.1, -0.05) is 18.2 Å². The Balaban J connectivity index is 2.43. The van der Waals surface area contributed by atoms with Gasteiger partial charge in [-0.2, -0.15) is 26.3 Å². The molecule has 0 aliphatic heterocycles. The lowest BCUT2D eigenvalue weighted by Crippen LogP contribution is -2.50. The van der Waals surface area contributed by atoms with Crippen LogP contribution in [0.5, 0.6) is 0 Å². The van der Waals surface area contributed by atoms with Gasteiger partial charge in [0.25, 0.3) is 11.8 Å². The van der Waals surface area contributed by atoms with Crippen molar-refractivity contribution in [2.24, 2.45) is 0 Å². The summed E-state index contributed by atoms with van der Waals surface area (Å²) in [5.74, 6) is -2.12. The van der Waals surface area contributed by atoms with Crippen molar-refractivity contribution in [2.45, 2.75) is 44.3 Å². The van der Waals surface area contributed by atoms with Gasteiger partial charge in [-0.05, 0) is 67.1 Å². The van der Waals surface area contributed by atoms with Crippen molar-refractivity contribution < 1.29 is 48.7 Å². The lowest BCUT2D eigenvalue weighted by Gasteiger charge is -2.30. The Bertz CT molecular complexity index is 1270. The Morgan fingerprint density at radius 2 is 1.49 bits per heavy atom. The third-order valence-electron chi connectivity index (χ3n) is 5.12. The summed E-state index contributed by atoms with van der Waals surface area (Å²) in [6, 6.07) is 5.44. The first-order valence-corrected chi connectivity index (χ1v) is 12.6. The second-order valence-corrected chi connectivity index (χ2v) is 10.8. The number of halogens is 8. The van der Waals surface area contributed by atoms with Gasteiger partial charge in [0.2, 0.25) is 0 Å². The maximum Gasteiger partial charge on any atom is 0.435 e. The number of anilines is 1. The van der Waals surface area contributed by atoms with Crippen LogP contribution < -0.4 is 10.6 Å². The van der Waals surface area contributed by atoms with Crippen molar-refractivity contribution in [2.75, 3.05) is 11.1 Å². The fourth-order valence-corrected chi connectivity index (χ4v) is 4.84. The van der Waals surface area contributed by atoms with Gasteiger partial charge in [-0.25, -0.2) is 12.8 Å². The van der Waals surface area contributed by atoms with Crippen LogP contribution in [-0.2, 0) is 16.4 Å². The Kier molecular flexibility index (Phi) is 8.94. The molecular formula is C22H20F7IN2O4S. The second-order valence-electron chi connectivity index (χ2n) is 8.63. The minimum atomic E-state index is -6.29. The summed E-state index contributed by atoms with van der Waals surface area (Å²) in [4.78, 5) is 25.9. The van der Waals surface area contributed by atoms with E-state index in [2.05, 4.69) is 10.6 Å². The van der Waals surface area contributed by atoms with Crippen LogP contribution in [0.1, 0.15) is 45.7 Å². The van der Waals surface area contributed by atoms with Gasteiger partial charge in [0.1, 0.15) is 10.7 Å². The van der Waals surface area contributed by atoms with E-state index in [1.165, 1.54) is 32.0 Å². The molecule has 0 radical (unpaired) electrons. The molecule has 0 aromatic heterocycles. The van der Waals surface area contributed by atoms with Crippen molar-refractivity contribution in [3.63, 3.8) is 0 Å². The summed E-state index contributed by atoms with van der Waals surface area (Å²) in [5, 5.41) is 4.80. The molecule has 0 saturated heterocycles. The number of amides is 2. The van der Waals surface area contributed by atoms with E-state index >= 15 is 0 Å². The summed E-state index contributed by atoms with van der Waals surface area (Å²) in [6.45, 7) is 3.97. The minimum absolute atomic E-state index is 0.138. The van der Waals surface area contributed by atoms with Crippen LogP contribution in [0.4, 0.5) is 36.4 Å². The third-order valence-corrected chi connectivity index (χ3v) is 7.06. The van der Waals surface area contributed by atoms with Crippen molar-refractivity contribution in [3.05, 3.63) is 62.2 Å². The molecule has 37 heavy (non-hydrogen) atoms. The van der Waals surface area contributed by atoms with Crippen LogP contribution >= 0.6 is 22.6 Å². The van der Waals surface area contributed by atoms with Crippen LogP contribution in [0.25, 0.3) is 0 Å². The molecule has 0 aliphatic rings. The van der Waals surface area contributed by atoms with Crippen molar-refractivity contribution in [3.8, 4) is 0 Å². The van der Waals surface area contributed by atoms with Gasteiger partial charge >= 0.3 is 18.0 Å². The molecular weight excluding hydrogens is 648 g/mol. The van der Waals surface area contributed by atoms with Gasteiger partial charge in [-0.15, -0.1) is 0 Å². The van der Waals surface area contributed by atoms with E-state index in [0.717, 1.165) is 6.92 Å². The van der Waals surface area contributed by atoms with E-state index in [0.29, 0.717) is 15.7 Å². The lowest BCUT2D eigenvalue weighted by molar-refractivity contribution is -0.348. The number of hydrogen-bond acceptors (Lipinski definition) is 4. The van der Waals surface area contributed by atoms with Gasteiger partial charge in [0.05, 0.1) is 16.9 Å². The minimum Gasteiger partial charge on any atom is -0.346 e. The highest BCUT2D eigenvalue weighted by molar-refractivity contribution is 14.1. The van der Waals surface area contributed by atoms with E-state index in [4.69, 9.17) is 0 Å². The molecule has 2 rings (SSSR count). The topological polar surface area (TPSA) is 92.3 Å². The normalized spacial score (nSPS) is 13.0. The van der Waals surface area contributed by atoms with Crippen LogP contribution in [-0.4, -0.2) is 43.9 Å². The Labute approximate surface area is 222 Å². The zero-order chi connectivity index (χ0) is 28.6. The molecule has 0 saturated carbocycles. The predicted octanol–water partition coefficient (Wildman–Crippen LogP) is 5.26. The third kappa shape index (κ3) is 6.72. The van der Waals surface area contributed by atoms with Gasteiger partial charge in [0.15, 0.2) is 0 Å². The highest BCUT2D eigenvalue weighted by atomic mass is 127. The Morgan fingerprint density at radius 3 is 1.97 bits per heavy atom. The van der Waals surface area contributed by atoms with Gasteiger partial charge in [0, 0.05) is 20.4 Å². The molecule has 15 heteroatoms. The molecule has 0 aliphatic carbocycles. The van der Waals surface area contributed by atoms with Gasteiger partial charge < -0.3 is 10.6 Å². The zero-order valence-electron chi connectivity index (χ0n) is 19.3. The molecule has 0 spiro atoms. The molecule has 2 amide bonds. The molecule has 0 unspecified atom stereocenters. The van der Waals surface area contributed by atoms with E-state index in [9.17, 15) is 48.7 Å². The number of alkyl halides is 7. The molecule has 0 heterocycles. The summed E-state index contributed by atoms with van der Waals surface area (Å²) in [6.07, 6.45) is -12.6. The number of rotatable bonds is 7. The fraction of sp³-hybridized carbons (Fsp3) is 0.364. The van der Waals surface area contributed by atoms with Crippen LogP contribution in [0.15, 0.2) is 36.4 Å². The predicted molar refractivity (Wildman–Crippen MR) is 130 cm³/mol. The number of benzene rings is 2. The molecule has 2 aromatic carbocycles. The Hall–Kier alpha value is -2.43. The first-order chi connectivity index (χ1) is 16.7. The van der Waals surface area contributed by atoms with E-state index in [-0.39, 0.29) is 28.4 Å². The average molecular weight is 668 g/mol. The number of carbonyl (C=O) groups excluding carboxylic acids is 2. The SMILES string of the molecule is Cc1cc(C(F)(C(F)(F)F)C(F)(F)F)ccc1NC(=O)c1cccc(I)c1C(=O)NC(C)(C)C[SH](=O)=O. The molecule has 0 fully saturated rings. The summed E-state index contributed by atoms with van der Waals surface area (Å²) < 4.78 is 115. The first-order valence-electron chi connectivity index (χ1n) is 10.2. The fourth-order valence-electron chi connectivity index (χ4n) is 3.37. The van der Waals surface area contributed by atoms with Crippen molar-refractivity contribution >= 4 is 50.8 Å². The van der Waals surface area contributed by atoms with Crippen molar-refractivity contribution in [1.82, 2.24) is 5.32 Å². The van der Waals surface area contributed by atoms with Crippen LogP contribution in [0, 0.1) is 10.5 Å². The maximum absolute atomic E-state index is 14.4. The number of thiol groups is 1. The monoisotopic (exact) mass is 668 g/mol. The van der Waals surface area contributed by atoms with E-state index in [1.807, 2.05) is 0 Å². The maximum atomic E-state index is 14.4. The lowest BCUT2D eigenvalue weighted by atomic mass is 9.92. The number of hydrogen-bond donors (Lipinski definition) is 3. The molecule has 0 atom stereocenters. The highest BCUT2D eigenvalue weighted by Crippen LogP contribution is 2.53. The number of nitrogens with one attached hydrogen (secondary N) is 2. The van der Waals surface area contributed by atoms with Gasteiger partial charge in [-0.3, -0.25) is 9.59 Å². The van der Waals surface area contributed by atoms with Crippen LogP contribution in [0.2, 0.25) is 0 Å². The summed E-state index contributed by atoms with van der Waals surface area (Å²) in [5.41, 5.74) is -9.41. The zero-order valence-corrected chi connectivity index (χ0v) is 22.3. The molecule has 204 valence electrons. The Morgan fingerprint density at radius 1 is 0.919 bits per heavy atom. The molecule has 0 bridgehead atoms. The molecule has 6 nitrogen and oxygen atoms in total. The summed E-state index contributed by atoms with van der Waals surface area (Å²) >= 11 is 1.76. The smallest absolute Gasteiger partial charge is 0.346 e. The standard InChI is InChI=1S/C22H20F7IN2O4S/c1-11-9-12(20(23,21(24,25)26)22(27,28)29)7-8-15(11)31-17(33)13-5-4-6-14(30)16(13)18(34)32-19(2,3)10-37(35)36/h4-9,37H,10H2,1-3H3,(H,31,33)(H,32,34). The highest BCUT2D eigenvalue weighted by Gasteiger charge is 2.73. The van der Waals surface area contributed by atoms with E-state index < -0.39 is 57.4 Å². The van der Waals surface area contributed by atoms with Crippen molar-refractivity contribution in [1.29, 1.82) is 0 Å². The molecule has 2 aromatic rings. The molecule has 2 N–H and O–H groups in total. The van der Waals surface area contributed by atoms with E-state index in [1.54, 1.807) is 22.6 Å². The van der Waals surface area contributed by atoms with Crippen LogP contribution in [0.3, 0.4) is 0 Å². The second kappa shape index (κ2) is 10.7.